The molecule has 1 heterocycles. The Bertz CT molecular complexity index is 681. The van der Waals surface area contributed by atoms with Crippen molar-refractivity contribution in [2.75, 3.05) is 5.73 Å². The van der Waals surface area contributed by atoms with Crippen LogP contribution in [0.3, 0.4) is 0 Å². The van der Waals surface area contributed by atoms with Crippen molar-refractivity contribution in [3.63, 3.8) is 0 Å². The molecule has 0 atom stereocenters. The summed E-state index contributed by atoms with van der Waals surface area (Å²) >= 11 is 5.73. The molecule has 18 heavy (non-hydrogen) atoms. The lowest BCUT2D eigenvalue weighted by Crippen LogP contribution is -2.11. The number of nitrogens with two attached hydrogens (primary N) is 1. The van der Waals surface area contributed by atoms with Gasteiger partial charge in [-0.3, -0.25) is 4.68 Å². The molecule has 0 unspecified atom stereocenters. The van der Waals surface area contributed by atoms with Crippen molar-refractivity contribution >= 4 is 27.1 Å². The minimum atomic E-state index is -3.56. The Morgan fingerprint density at radius 1 is 1.44 bits per heavy atom. The Balaban J connectivity index is 2.40. The van der Waals surface area contributed by atoms with Crippen molar-refractivity contribution in [3.8, 4) is 0 Å². The molecule has 1 aromatic heterocycles. The van der Waals surface area contributed by atoms with Gasteiger partial charge < -0.3 is 5.73 Å². The normalized spacial score (nSPS) is 11.7. The maximum atomic E-state index is 12.2. The molecule has 0 amide bonds. The summed E-state index contributed by atoms with van der Waals surface area (Å²) in [5.41, 5.74) is 5.80. The monoisotopic (exact) mass is 286 g/mol. The average Bonchev–Trinajstić information content (AvgIpc) is 2.63. The molecule has 0 fully saturated rings. The fourth-order valence-electron chi connectivity index (χ4n) is 1.50. The van der Waals surface area contributed by atoms with E-state index in [1.54, 1.807) is 7.05 Å². The predicted octanol–water partition coefficient (Wildman–Crippen LogP) is 1.02. The zero-order valence-corrected chi connectivity index (χ0v) is 11.1. The van der Waals surface area contributed by atoms with Crippen LogP contribution >= 0.6 is 11.6 Å². The fourth-order valence-corrected chi connectivity index (χ4v) is 3.13. The lowest BCUT2D eigenvalue weighted by atomic mass is 10.3. The summed E-state index contributed by atoms with van der Waals surface area (Å²) < 4.78 is 25.8. The summed E-state index contributed by atoms with van der Waals surface area (Å²) in [5.74, 6) is 0.0966. The van der Waals surface area contributed by atoms with Gasteiger partial charge in [-0.05, 0) is 18.2 Å². The molecular formula is C10H11ClN4O2S. The van der Waals surface area contributed by atoms with Gasteiger partial charge in [0.1, 0.15) is 17.9 Å². The number of aromatic nitrogens is 3. The molecular weight excluding hydrogens is 276 g/mol. The average molecular weight is 287 g/mol. The molecule has 8 heteroatoms. The van der Waals surface area contributed by atoms with Crippen LogP contribution in [0.15, 0.2) is 29.4 Å². The second kappa shape index (κ2) is 4.58. The molecule has 0 aliphatic rings. The Kier molecular flexibility index (Phi) is 3.27. The summed E-state index contributed by atoms with van der Waals surface area (Å²) in [6, 6.07) is 4.29. The molecule has 0 bridgehead atoms. The summed E-state index contributed by atoms with van der Waals surface area (Å²) in [4.78, 5) is 3.93. The van der Waals surface area contributed by atoms with Crippen LogP contribution in [0.1, 0.15) is 5.82 Å². The standard InChI is InChI=1S/C10H11ClN4O2S/c1-15-10(13-6-14-15)5-18(16,17)9-3-2-7(11)4-8(9)12/h2-4,6H,5,12H2,1H3. The van der Waals surface area contributed by atoms with Gasteiger partial charge in [-0.2, -0.15) is 5.10 Å². The molecule has 1 aromatic carbocycles. The second-order valence-electron chi connectivity index (χ2n) is 3.74. The van der Waals surface area contributed by atoms with Crippen molar-refractivity contribution < 1.29 is 8.42 Å². The van der Waals surface area contributed by atoms with Crippen molar-refractivity contribution in [2.45, 2.75) is 10.6 Å². The summed E-state index contributed by atoms with van der Waals surface area (Å²) in [6.45, 7) is 0. The smallest absolute Gasteiger partial charge is 0.187 e. The van der Waals surface area contributed by atoms with Gasteiger partial charge in [0.15, 0.2) is 9.84 Å². The maximum absolute atomic E-state index is 12.2. The fraction of sp³-hybridized carbons (Fsp3) is 0.200. The highest BCUT2D eigenvalue weighted by molar-refractivity contribution is 7.90. The first-order valence-electron chi connectivity index (χ1n) is 5.01. The molecule has 2 aromatic rings. The minimum absolute atomic E-state index is 0.0508. The number of hydrogen-bond donors (Lipinski definition) is 1. The van der Waals surface area contributed by atoms with E-state index in [1.165, 1.54) is 29.2 Å². The third-order valence-corrected chi connectivity index (χ3v) is 4.35. The lowest BCUT2D eigenvalue weighted by Gasteiger charge is -2.07. The number of benzene rings is 1. The zero-order chi connectivity index (χ0) is 13.3. The lowest BCUT2D eigenvalue weighted by molar-refractivity contribution is 0.591. The van der Waals surface area contributed by atoms with Crippen LogP contribution in [0.25, 0.3) is 0 Å². The van der Waals surface area contributed by atoms with Gasteiger partial charge in [-0.1, -0.05) is 11.6 Å². The van der Waals surface area contributed by atoms with Crippen LogP contribution in [0, 0.1) is 0 Å². The third-order valence-electron chi connectivity index (χ3n) is 2.43. The van der Waals surface area contributed by atoms with Gasteiger partial charge >= 0.3 is 0 Å². The minimum Gasteiger partial charge on any atom is -0.398 e. The quantitative estimate of drug-likeness (QED) is 0.851. The number of sulfone groups is 1. The molecule has 0 radical (unpaired) electrons. The summed E-state index contributed by atoms with van der Waals surface area (Å²) in [6.07, 6.45) is 1.30. The molecule has 2 N–H and O–H groups in total. The van der Waals surface area contributed by atoms with Crippen molar-refractivity contribution in [1.29, 1.82) is 0 Å². The summed E-state index contributed by atoms with van der Waals surface area (Å²) in [5, 5.41) is 4.21. The van der Waals surface area contributed by atoms with E-state index in [1.807, 2.05) is 0 Å². The third kappa shape index (κ3) is 2.46. The van der Waals surface area contributed by atoms with Crippen LogP contribution in [0.2, 0.25) is 5.02 Å². The molecule has 0 saturated heterocycles. The Morgan fingerprint density at radius 3 is 2.72 bits per heavy atom. The predicted molar refractivity (Wildman–Crippen MR) is 67.8 cm³/mol. The van der Waals surface area contributed by atoms with Crippen molar-refractivity contribution in [1.82, 2.24) is 14.8 Å². The van der Waals surface area contributed by atoms with E-state index in [9.17, 15) is 8.42 Å². The Labute approximate surface area is 109 Å². The number of anilines is 1. The van der Waals surface area contributed by atoms with E-state index in [0.29, 0.717) is 10.8 Å². The number of rotatable bonds is 3. The largest absolute Gasteiger partial charge is 0.398 e. The zero-order valence-electron chi connectivity index (χ0n) is 9.54. The molecule has 6 nitrogen and oxygen atoms in total. The topological polar surface area (TPSA) is 90.9 Å². The van der Waals surface area contributed by atoms with E-state index >= 15 is 0 Å². The van der Waals surface area contributed by atoms with Gasteiger partial charge in [0.05, 0.1) is 10.6 Å². The van der Waals surface area contributed by atoms with E-state index in [-0.39, 0.29) is 16.3 Å². The summed E-state index contributed by atoms with van der Waals surface area (Å²) in [7, 11) is -1.93. The SMILES string of the molecule is Cn1ncnc1CS(=O)(=O)c1ccc(Cl)cc1N. The first-order valence-corrected chi connectivity index (χ1v) is 7.04. The second-order valence-corrected chi connectivity index (χ2v) is 6.14. The van der Waals surface area contributed by atoms with Crippen molar-refractivity contribution in [3.05, 3.63) is 35.4 Å². The molecule has 2 rings (SSSR count). The number of hydrogen-bond acceptors (Lipinski definition) is 5. The van der Waals surface area contributed by atoms with Crippen molar-refractivity contribution in [2.24, 2.45) is 7.05 Å². The molecule has 96 valence electrons. The van der Waals surface area contributed by atoms with E-state index in [4.69, 9.17) is 17.3 Å². The molecule has 0 spiro atoms. The molecule has 0 aliphatic carbocycles. The van der Waals surface area contributed by atoms with Gasteiger partial charge in [0, 0.05) is 12.1 Å². The highest BCUT2D eigenvalue weighted by Crippen LogP contribution is 2.24. The first-order chi connectivity index (χ1) is 8.40. The van der Waals surface area contributed by atoms with E-state index in [0.717, 1.165) is 0 Å². The number of nitrogens with zero attached hydrogens (tertiary/aromatic N) is 3. The first kappa shape index (κ1) is 12.8. The number of halogens is 1. The van der Waals surface area contributed by atoms with E-state index < -0.39 is 9.84 Å². The Morgan fingerprint density at radius 2 is 2.17 bits per heavy atom. The number of aryl methyl sites for hydroxylation is 1. The van der Waals surface area contributed by atoms with Gasteiger partial charge in [0.2, 0.25) is 0 Å². The van der Waals surface area contributed by atoms with Crippen LogP contribution in [-0.2, 0) is 22.6 Å². The van der Waals surface area contributed by atoms with Crippen LogP contribution in [-0.4, -0.2) is 23.2 Å². The van der Waals surface area contributed by atoms with Crippen LogP contribution in [0.4, 0.5) is 5.69 Å². The van der Waals surface area contributed by atoms with Crippen LogP contribution < -0.4 is 5.73 Å². The van der Waals surface area contributed by atoms with Gasteiger partial charge in [-0.15, -0.1) is 0 Å². The highest BCUT2D eigenvalue weighted by atomic mass is 35.5. The van der Waals surface area contributed by atoms with Gasteiger partial charge in [0.25, 0.3) is 0 Å². The Hall–Kier alpha value is -1.60. The van der Waals surface area contributed by atoms with E-state index in [2.05, 4.69) is 10.1 Å². The molecule has 0 saturated carbocycles. The maximum Gasteiger partial charge on any atom is 0.187 e. The van der Waals surface area contributed by atoms with Crippen LogP contribution in [0.5, 0.6) is 0 Å². The highest BCUT2D eigenvalue weighted by Gasteiger charge is 2.20. The van der Waals surface area contributed by atoms with Gasteiger partial charge in [-0.25, -0.2) is 13.4 Å². The number of nitrogen functional groups attached to an aromatic ring is 1. The molecule has 0 aliphatic heterocycles.